The van der Waals surface area contributed by atoms with Crippen LogP contribution in [0.4, 0.5) is 0 Å². The maximum Gasteiger partial charge on any atom is 0.328 e. The van der Waals surface area contributed by atoms with Crippen molar-refractivity contribution in [1.29, 1.82) is 0 Å². The maximum atomic E-state index is 12.8. The zero-order valence-electron chi connectivity index (χ0n) is 16.9. The third-order valence-corrected chi connectivity index (χ3v) is 4.84. The van der Waals surface area contributed by atoms with Crippen LogP contribution in [0.5, 0.6) is 0 Å². The maximum absolute atomic E-state index is 12.8. The predicted octanol–water partition coefficient (Wildman–Crippen LogP) is 3.21. The number of nitrogens with one attached hydrogen (secondary N) is 2. The molecule has 0 saturated heterocycles. The molecule has 8 heteroatoms. The van der Waals surface area contributed by atoms with E-state index in [2.05, 4.69) is 15.5 Å². The van der Waals surface area contributed by atoms with E-state index in [-0.39, 0.29) is 19.1 Å². The second kappa shape index (κ2) is 9.98. The zero-order valence-corrected chi connectivity index (χ0v) is 17.7. The van der Waals surface area contributed by atoms with Crippen LogP contribution in [0.25, 0.3) is 11.4 Å². The highest BCUT2D eigenvalue weighted by Crippen LogP contribution is 2.18. The monoisotopic (exact) mass is 424 g/mol. The van der Waals surface area contributed by atoms with Crippen LogP contribution in [0, 0.1) is 11.7 Å². The van der Waals surface area contributed by atoms with Crippen LogP contribution in [0.2, 0.25) is 0 Å². The Morgan fingerprint density at radius 2 is 1.97 bits per heavy atom. The molecular formula is C22H24N4O3S. The summed E-state index contributed by atoms with van der Waals surface area (Å²) < 4.78 is 7.09. The standard InChI is InChI=1S/C22H24N4O3S/c1-3-29-21(28)18(13-16-9-5-4-6-10-16)23-19(27)14-26-20(24-25-22(26)30)17-11-7-8-15(2)12-17/h4-12,18H,3,13-14H2,1-2H3,(H,23,27)(H,25,30). The summed E-state index contributed by atoms with van der Waals surface area (Å²) in [6.45, 7) is 3.89. The van der Waals surface area contributed by atoms with Crippen molar-refractivity contribution in [2.45, 2.75) is 32.9 Å². The summed E-state index contributed by atoms with van der Waals surface area (Å²) in [6, 6.07) is 16.5. The van der Waals surface area contributed by atoms with E-state index in [1.807, 2.05) is 61.5 Å². The Kier molecular flexibility index (Phi) is 7.13. The Bertz CT molecular complexity index is 1080. The number of nitrogens with zero attached hydrogens (tertiary/aromatic N) is 2. The Hall–Kier alpha value is -3.26. The van der Waals surface area contributed by atoms with Gasteiger partial charge in [0.25, 0.3) is 0 Å². The molecule has 0 aliphatic rings. The van der Waals surface area contributed by atoms with Gasteiger partial charge >= 0.3 is 5.97 Å². The van der Waals surface area contributed by atoms with Gasteiger partial charge in [-0.1, -0.05) is 54.1 Å². The number of amides is 1. The van der Waals surface area contributed by atoms with Gasteiger partial charge in [0.15, 0.2) is 10.6 Å². The molecule has 0 spiro atoms. The Balaban J connectivity index is 1.78. The highest BCUT2D eigenvalue weighted by atomic mass is 32.1. The summed E-state index contributed by atoms with van der Waals surface area (Å²) in [5, 5.41) is 9.79. The van der Waals surface area contributed by atoms with Gasteiger partial charge in [-0.25, -0.2) is 4.79 Å². The number of rotatable bonds is 8. The summed E-state index contributed by atoms with van der Waals surface area (Å²) >= 11 is 5.31. The number of aryl methyl sites for hydroxylation is 1. The lowest BCUT2D eigenvalue weighted by Gasteiger charge is -2.18. The van der Waals surface area contributed by atoms with Gasteiger partial charge in [-0.3, -0.25) is 14.5 Å². The van der Waals surface area contributed by atoms with E-state index in [9.17, 15) is 9.59 Å². The molecule has 0 bridgehead atoms. The van der Waals surface area contributed by atoms with Crippen molar-refractivity contribution in [2.24, 2.45) is 0 Å². The van der Waals surface area contributed by atoms with Crippen molar-refractivity contribution in [3.8, 4) is 11.4 Å². The number of hydrogen-bond acceptors (Lipinski definition) is 5. The van der Waals surface area contributed by atoms with Crippen LogP contribution >= 0.6 is 12.2 Å². The zero-order chi connectivity index (χ0) is 21.5. The summed E-state index contributed by atoms with van der Waals surface area (Å²) in [6.07, 6.45) is 0.340. The fourth-order valence-electron chi connectivity index (χ4n) is 3.14. The minimum Gasteiger partial charge on any atom is -0.464 e. The number of aromatic nitrogens is 3. The third-order valence-electron chi connectivity index (χ3n) is 4.53. The van der Waals surface area contributed by atoms with Crippen LogP contribution in [0.15, 0.2) is 54.6 Å². The molecular weight excluding hydrogens is 400 g/mol. The molecule has 0 fully saturated rings. The van der Waals surface area contributed by atoms with Crippen LogP contribution in [0.1, 0.15) is 18.1 Å². The van der Waals surface area contributed by atoms with Crippen LogP contribution in [-0.2, 0) is 27.3 Å². The number of carbonyl (C=O) groups excluding carboxylic acids is 2. The van der Waals surface area contributed by atoms with Gasteiger partial charge in [0.2, 0.25) is 5.91 Å². The summed E-state index contributed by atoms with van der Waals surface area (Å²) in [7, 11) is 0. The fourth-order valence-corrected chi connectivity index (χ4v) is 3.34. The van der Waals surface area contributed by atoms with E-state index in [4.69, 9.17) is 17.0 Å². The average Bonchev–Trinajstić information content (AvgIpc) is 3.08. The first kappa shape index (κ1) is 21.4. The molecule has 3 aromatic rings. The number of hydrogen-bond donors (Lipinski definition) is 2. The molecule has 2 aromatic carbocycles. The lowest BCUT2D eigenvalue weighted by atomic mass is 10.1. The Labute approximate surface area is 180 Å². The van der Waals surface area contributed by atoms with Gasteiger partial charge in [-0.05, 0) is 37.7 Å². The van der Waals surface area contributed by atoms with Crippen molar-refractivity contribution < 1.29 is 14.3 Å². The quantitative estimate of drug-likeness (QED) is 0.428. The molecule has 30 heavy (non-hydrogen) atoms. The molecule has 1 atom stereocenters. The van der Waals surface area contributed by atoms with E-state index < -0.39 is 12.0 Å². The van der Waals surface area contributed by atoms with Crippen molar-refractivity contribution in [2.75, 3.05) is 6.61 Å². The molecule has 7 nitrogen and oxygen atoms in total. The normalized spacial score (nSPS) is 11.7. The minimum atomic E-state index is -0.789. The van der Waals surface area contributed by atoms with Crippen molar-refractivity contribution in [3.63, 3.8) is 0 Å². The van der Waals surface area contributed by atoms with E-state index in [0.717, 1.165) is 16.7 Å². The van der Waals surface area contributed by atoms with E-state index >= 15 is 0 Å². The molecule has 1 aromatic heterocycles. The molecule has 1 unspecified atom stereocenters. The van der Waals surface area contributed by atoms with Crippen molar-refractivity contribution in [3.05, 3.63) is 70.5 Å². The molecule has 0 saturated carbocycles. The molecule has 0 aliphatic carbocycles. The van der Waals surface area contributed by atoms with Crippen LogP contribution in [0.3, 0.4) is 0 Å². The van der Waals surface area contributed by atoms with Crippen molar-refractivity contribution in [1.82, 2.24) is 20.1 Å². The second-order valence-electron chi connectivity index (χ2n) is 6.87. The summed E-state index contributed by atoms with van der Waals surface area (Å²) in [4.78, 5) is 25.2. The molecule has 0 aliphatic heterocycles. The SMILES string of the molecule is CCOC(=O)C(Cc1ccccc1)NC(=O)Cn1c(-c2cccc(C)c2)n[nH]c1=S. The lowest BCUT2D eigenvalue weighted by molar-refractivity contribution is -0.147. The van der Waals surface area contributed by atoms with Gasteiger partial charge in [-0.15, -0.1) is 0 Å². The van der Waals surface area contributed by atoms with E-state index in [1.54, 1.807) is 11.5 Å². The van der Waals surface area contributed by atoms with Gasteiger partial charge < -0.3 is 10.1 Å². The molecule has 3 rings (SSSR count). The first-order valence-corrected chi connectivity index (χ1v) is 10.1. The Morgan fingerprint density at radius 1 is 1.20 bits per heavy atom. The molecule has 2 N–H and O–H groups in total. The topological polar surface area (TPSA) is 89.0 Å². The number of H-pyrrole nitrogens is 1. The first-order valence-electron chi connectivity index (χ1n) is 9.70. The average molecular weight is 425 g/mol. The summed E-state index contributed by atoms with van der Waals surface area (Å²) in [5.41, 5.74) is 2.85. The second-order valence-corrected chi connectivity index (χ2v) is 7.26. The third kappa shape index (κ3) is 5.42. The van der Waals surface area contributed by atoms with E-state index in [0.29, 0.717) is 17.0 Å². The molecule has 0 radical (unpaired) electrons. The number of carbonyl (C=O) groups is 2. The first-order chi connectivity index (χ1) is 14.5. The van der Waals surface area contributed by atoms with Gasteiger partial charge in [0.1, 0.15) is 12.6 Å². The van der Waals surface area contributed by atoms with E-state index in [1.165, 1.54) is 0 Å². The van der Waals surface area contributed by atoms with Crippen LogP contribution < -0.4 is 5.32 Å². The van der Waals surface area contributed by atoms with Crippen LogP contribution in [-0.4, -0.2) is 39.3 Å². The molecule has 156 valence electrons. The minimum absolute atomic E-state index is 0.0662. The van der Waals surface area contributed by atoms with Crippen molar-refractivity contribution >= 4 is 24.1 Å². The summed E-state index contributed by atoms with van der Waals surface area (Å²) in [5.74, 6) is -0.255. The van der Waals surface area contributed by atoms with Gasteiger partial charge in [0.05, 0.1) is 6.61 Å². The smallest absolute Gasteiger partial charge is 0.328 e. The number of aromatic amines is 1. The predicted molar refractivity (Wildman–Crippen MR) is 116 cm³/mol. The number of benzene rings is 2. The molecule has 1 heterocycles. The van der Waals surface area contributed by atoms with Gasteiger partial charge in [0, 0.05) is 12.0 Å². The highest BCUT2D eigenvalue weighted by molar-refractivity contribution is 7.71. The van der Waals surface area contributed by atoms with Gasteiger partial charge in [-0.2, -0.15) is 5.10 Å². The highest BCUT2D eigenvalue weighted by Gasteiger charge is 2.23. The Morgan fingerprint density at radius 3 is 2.67 bits per heavy atom. The largest absolute Gasteiger partial charge is 0.464 e. The number of esters is 1. The lowest BCUT2D eigenvalue weighted by Crippen LogP contribution is -2.44. The molecule has 1 amide bonds. The number of ether oxygens (including phenoxy) is 1. The fraction of sp³-hybridized carbons (Fsp3) is 0.273.